The molecule has 0 amide bonds. The van der Waals surface area contributed by atoms with Crippen LogP contribution in [0.25, 0.3) is 0 Å². The highest BCUT2D eigenvalue weighted by Crippen LogP contribution is 2.28. The maximum absolute atomic E-state index is 12.1. The molecule has 0 aliphatic heterocycles. The Hall–Kier alpha value is -1.07. The minimum atomic E-state index is -3.18. The van der Waals surface area contributed by atoms with Crippen LogP contribution in [-0.4, -0.2) is 33.4 Å². The van der Waals surface area contributed by atoms with E-state index in [1.54, 1.807) is 26.2 Å². The highest BCUT2D eigenvalue weighted by molar-refractivity contribution is 7.91. The minimum Gasteiger partial charge on any atom is -0.381 e. The first-order valence-electron chi connectivity index (χ1n) is 6.68. The van der Waals surface area contributed by atoms with Gasteiger partial charge in [0.2, 0.25) is 0 Å². The lowest BCUT2D eigenvalue weighted by atomic mass is 10.2. The van der Waals surface area contributed by atoms with E-state index in [-0.39, 0.29) is 17.9 Å². The standard InChI is InChI=1S/C14H21NO3S/c1-3-19(16,17)14-7-5-4-6-13(14)15-11-8-9-12(10-11)18-2/h4-7,11-12,15H,3,8-10H2,1-2H3. The zero-order valence-electron chi connectivity index (χ0n) is 11.4. The van der Waals surface area contributed by atoms with Gasteiger partial charge in [-0.25, -0.2) is 8.42 Å². The predicted molar refractivity (Wildman–Crippen MR) is 76.2 cm³/mol. The molecule has 5 heteroatoms. The van der Waals surface area contributed by atoms with Crippen molar-refractivity contribution in [3.63, 3.8) is 0 Å². The molecule has 1 aliphatic rings. The summed E-state index contributed by atoms with van der Waals surface area (Å²) in [5.41, 5.74) is 0.714. The van der Waals surface area contributed by atoms with Crippen LogP contribution in [0, 0.1) is 0 Å². The third-order valence-electron chi connectivity index (χ3n) is 3.68. The Bertz CT molecular complexity index is 527. The van der Waals surface area contributed by atoms with Crippen molar-refractivity contribution < 1.29 is 13.2 Å². The number of para-hydroxylation sites is 1. The van der Waals surface area contributed by atoms with E-state index >= 15 is 0 Å². The predicted octanol–water partition coefficient (Wildman–Crippen LogP) is 2.46. The zero-order valence-corrected chi connectivity index (χ0v) is 12.2. The minimum absolute atomic E-state index is 0.122. The first-order valence-corrected chi connectivity index (χ1v) is 8.33. The first kappa shape index (κ1) is 14.3. The van der Waals surface area contributed by atoms with Crippen LogP contribution < -0.4 is 5.32 Å². The second kappa shape index (κ2) is 5.92. The van der Waals surface area contributed by atoms with Gasteiger partial charge in [0.1, 0.15) is 0 Å². The van der Waals surface area contributed by atoms with Crippen LogP contribution in [0.15, 0.2) is 29.2 Å². The topological polar surface area (TPSA) is 55.4 Å². The third-order valence-corrected chi connectivity index (χ3v) is 5.47. The maximum Gasteiger partial charge on any atom is 0.180 e. The summed E-state index contributed by atoms with van der Waals surface area (Å²) in [6.45, 7) is 1.67. The fraction of sp³-hybridized carbons (Fsp3) is 0.571. The smallest absolute Gasteiger partial charge is 0.180 e. The molecule has 106 valence electrons. The zero-order chi connectivity index (χ0) is 13.9. The Morgan fingerprint density at radius 3 is 2.68 bits per heavy atom. The van der Waals surface area contributed by atoms with E-state index in [0.29, 0.717) is 10.6 Å². The van der Waals surface area contributed by atoms with Crippen LogP contribution in [0.3, 0.4) is 0 Å². The summed E-state index contributed by atoms with van der Waals surface area (Å²) in [6, 6.07) is 7.42. The van der Waals surface area contributed by atoms with E-state index in [1.807, 2.05) is 12.1 Å². The molecule has 0 spiro atoms. The van der Waals surface area contributed by atoms with E-state index in [4.69, 9.17) is 4.74 Å². The van der Waals surface area contributed by atoms with Gasteiger partial charge in [-0.2, -0.15) is 0 Å². The Balaban J connectivity index is 2.18. The number of hydrogen-bond donors (Lipinski definition) is 1. The van der Waals surface area contributed by atoms with Gasteiger partial charge in [0.05, 0.1) is 22.4 Å². The van der Waals surface area contributed by atoms with E-state index in [0.717, 1.165) is 19.3 Å². The van der Waals surface area contributed by atoms with Crippen molar-refractivity contribution in [3.05, 3.63) is 24.3 Å². The van der Waals surface area contributed by atoms with Gasteiger partial charge < -0.3 is 10.1 Å². The molecule has 2 rings (SSSR count). The number of nitrogens with one attached hydrogen (secondary N) is 1. The third kappa shape index (κ3) is 3.28. The molecule has 1 aromatic rings. The molecule has 0 bridgehead atoms. The lowest BCUT2D eigenvalue weighted by Crippen LogP contribution is -2.19. The van der Waals surface area contributed by atoms with Gasteiger partial charge in [-0.3, -0.25) is 0 Å². The largest absolute Gasteiger partial charge is 0.381 e. The second-order valence-electron chi connectivity index (χ2n) is 4.91. The Morgan fingerprint density at radius 2 is 2.05 bits per heavy atom. The lowest BCUT2D eigenvalue weighted by Gasteiger charge is -2.17. The number of methoxy groups -OCH3 is 1. The highest BCUT2D eigenvalue weighted by Gasteiger charge is 2.26. The molecule has 1 aromatic carbocycles. The molecule has 1 N–H and O–H groups in total. The normalized spacial score (nSPS) is 23.5. The Labute approximate surface area is 115 Å². The van der Waals surface area contributed by atoms with Gasteiger partial charge in [-0.15, -0.1) is 0 Å². The molecule has 0 saturated heterocycles. The van der Waals surface area contributed by atoms with Gasteiger partial charge in [-0.05, 0) is 31.4 Å². The molecule has 1 fully saturated rings. The SMILES string of the molecule is CCS(=O)(=O)c1ccccc1NC1CCC(OC)C1. The fourth-order valence-corrected chi connectivity index (χ4v) is 3.58. The van der Waals surface area contributed by atoms with Crippen LogP contribution in [-0.2, 0) is 14.6 Å². The molecule has 0 radical (unpaired) electrons. The van der Waals surface area contributed by atoms with E-state index in [2.05, 4.69) is 5.32 Å². The Kier molecular flexibility index (Phi) is 4.47. The van der Waals surface area contributed by atoms with Crippen molar-refractivity contribution in [2.24, 2.45) is 0 Å². The van der Waals surface area contributed by atoms with Crippen molar-refractivity contribution in [1.82, 2.24) is 0 Å². The monoisotopic (exact) mass is 283 g/mol. The average Bonchev–Trinajstić information content (AvgIpc) is 2.87. The van der Waals surface area contributed by atoms with E-state index in [1.165, 1.54) is 0 Å². The first-order chi connectivity index (χ1) is 9.06. The molecule has 1 saturated carbocycles. The number of hydrogen-bond acceptors (Lipinski definition) is 4. The number of benzene rings is 1. The fourth-order valence-electron chi connectivity index (χ4n) is 2.52. The van der Waals surface area contributed by atoms with Gasteiger partial charge in [0, 0.05) is 13.2 Å². The van der Waals surface area contributed by atoms with Crippen molar-refractivity contribution in [2.45, 2.75) is 43.2 Å². The summed E-state index contributed by atoms with van der Waals surface area (Å²) < 4.78 is 29.4. The number of rotatable bonds is 5. The molecule has 19 heavy (non-hydrogen) atoms. The Morgan fingerprint density at radius 1 is 1.32 bits per heavy atom. The van der Waals surface area contributed by atoms with Crippen molar-refractivity contribution in [2.75, 3.05) is 18.2 Å². The van der Waals surface area contributed by atoms with Crippen LogP contribution in [0.2, 0.25) is 0 Å². The second-order valence-corrected chi connectivity index (χ2v) is 7.16. The van der Waals surface area contributed by atoms with Gasteiger partial charge in [0.25, 0.3) is 0 Å². The van der Waals surface area contributed by atoms with Crippen molar-refractivity contribution in [3.8, 4) is 0 Å². The van der Waals surface area contributed by atoms with E-state index in [9.17, 15) is 8.42 Å². The molecule has 2 atom stereocenters. The van der Waals surface area contributed by atoms with Crippen LogP contribution in [0.4, 0.5) is 5.69 Å². The summed E-state index contributed by atoms with van der Waals surface area (Å²) in [5, 5.41) is 3.36. The van der Waals surface area contributed by atoms with Crippen LogP contribution in [0.5, 0.6) is 0 Å². The average molecular weight is 283 g/mol. The molecule has 1 aliphatic carbocycles. The molecular formula is C14H21NO3S. The van der Waals surface area contributed by atoms with Gasteiger partial charge in [0.15, 0.2) is 9.84 Å². The van der Waals surface area contributed by atoms with E-state index < -0.39 is 9.84 Å². The summed E-state index contributed by atoms with van der Waals surface area (Å²) in [4.78, 5) is 0.401. The molecule has 0 heterocycles. The number of ether oxygens (including phenoxy) is 1. The van der Waals surface area contributed by atoms with Crippen LogP contribution in [0.1, 0.15) is 26.2 Å². The molecular weight excluding hydrogens is 262 g/mol. The van der Waals surface area contributed by atoms with Gasteiger partial charge >= 0.3 is 0 Å². The number of sulfone groups is 1. The summed E-state index contributed by atoms with van der Waals surface area (Å²) in [7, 11) is -1.46. The summed E-state index contributed by atoms with van der Waals surface area (Å²) >= 11 is 0. The number of anilines is 1. The summed E-state index contributed by atoms with van der Waals surface area (Å²) in [6.07, 6.45) is 3.25. The van der Waals surface area contributed by atoms with Crippen molar-refractivity contribution in [1.29, 1.82) is 0 Å². The van der Waals surface area contributed by atoms with Crippen LogP contribution >= 0.6 is 0 Å². The quantitative estimate of drug-likeness (QED) is 0.902. The lowest BCUT2D eigenvalue weighted by molar-refractivity contribution is 0.108. The molecule has 0 aromatic heterocycles. The highest BCUT2D eigenvalue weighted by atomic mass is 32.2. The van der Waals surface area contributed by atoms with Crippen molar-refractivity contribution >= 4 is 15.5 Å². The molecule has 4 nitrogen and oxygen atoms in total. The molecule has 2 unspecified atom stereocenters. The summed E-state index contributed by atoms with van der Waals surface area (Å²) in [5.74, 6) is 0.122. The van der Waals surface area contributed by atoms with Gasteiger partial charge in [-0.1, -0.05) is 19.1 Å². The maximum atomic E-state index is 12.1.